The van der Waals surface area contributed by atoms with E-state index in [2.05, 4.69) is 5.32 Å². The number of nitrogens with one attached hydrogen (secondary N) is 1. The van der Waals surface area contributed by atoms with Crippen molar-refractivity contribution in [2.75, 3.05) is 31.6 Å². The molecule has 0 radical (unpaired) electrons. The number of hydrogen-bond acceptors (Lipinski definition) is 6. The average Bonchev–Trinajstić information content (AvgIpc) is 2.71. The van der Waals surface area contributed by atoms with Crippen molar-refractivity contribution in [3.05, 3.63) is 52.5 Å². The number of phenols is 1. The van der Waals surface area contributed by atoms with E-state index in [0.29, 0.717) is 5.56 Å². The Labute approximate surface area is 177 Å². The number of ether oxygens (including phenoxy) is 1. The molecule has 1 aliphatic rings. The number of halogens is 1. The van der Waals surface area contributed by atoms with Gasteiger partial charge in [0, 0.05) is 13.1 Å². The van der Waals surface area contributed by atoms with Gasteiger partial charge in [-0.05, 0) is 35.9 Å². The molecule has 160 valence electrons. The minimum atomic E-state index is -3.84. The predicted molar refractivity (Wildman–Crippen MR) is 108 cm³/mol. The highest BCUT2D eigenvalue weighted by atomic mass is 35.5. The molecule has 1 aliphatic heterocycles. The van der Waals surface area contributed by atoms with Crippen molar-refractivity contribution in [1.82, 2.24) is 4.31 Å². The Hall–Kier alpha value is -2.66. The Morgan fingerprint density at radius 2 is 1.83 bits per heavy atom. The number of amides is 1. The van der Waals surface area contributed by atoms with Crippen molar-refractivity contribution in [1.29, 1.82) is 0 Å². The number of morpholine rings is 1. The molecule has 1 heterocycles. The van der Waals surface area contributed by atoms with Gasteiger partial charge in [-0.15, -0.1) is 0 Å². The van der Waals surface area contributed by atoms with Gasteiger partial charge < -0.3 is 20.3 Å². The maximum Gasteiger partial charge on any atom is 0.307 e. The van der Waals surface area contributed by atoms with Crippen molar-refractivity contribution in [3.63, 3.8) is 0 Å². The van der Waals surface area contributed by atoms with Crippen molar-refractivity contribution in [2.24, 2.45) is 0 Å². The maximum atomic E-state index is 12.8. The second-order valence-electron chi connectivity index (χ2n) is 6.53. The highest BCUT2D eigenvalue weighted by molar-refractivity contribution is 7.89. The van der Waals surface area contributed by atoms with Gasteiger partial charge in [0.2, 0.25) is 10.0 Å². The molecule has 2 aromatic rings. The maximum absolute atomic E-state index is 12.8. The van der Waals surface area contributed by atoms with Gasteiger partial charge in [0.1, 0.15) is 5.75 Å². The number of anilines is 1. The van der Waals surface area contributed by atoms with Crippen LogP contribution in [0.5, 0.6) is 5.75 Å². The SMILES string of the molecule is O=C(O)Cc1ccc(O)c(NC(=O)c2cc(S(=O)(=O)N3CCOCC3)ccc2Cl)c1. The Morgan fingerprint density at radius 1 is 1.13 bits per heavy atom. The summed E-state index contributed by atoms with van der Waals surface area (Å²) in [5.41, 5.74) is 0.246. The third kappa shape index (κ3) is 4.90. The molecule has 1 saturated heterocycles. The molecule has 11 heteroatoms. The lowest BCUT2D eigenvalue weighted by molar-refractivity contribution is -0.136. The molecule has 0 spiro atoms. The zero-order valence-electron chi connectivity index (χ0n) is 15.7. The fourth-order valence-electron chi connectivity index (χ4n) is 2.93. The molecule has 3 N–H and O–H groups in total. The predicted octanol–water partition coefficient (Wildman–Crippen LogP) is 1.95. The molecule has 2 aromatic carbocycles. The van der Waals surface area contributed by atoms with Gasteiger partial charge in [0.15, 0.2) is 0 Å². The molecule has 3 rings (SSSR count). The van der Waals surface area contributed by atoms with E-state index in [1.54, 1.807) is 0 Å². The molecular formula is C19H19ClN2O7S. The van der Waals surface area contributed by atoms with E-state index < -0.39 is 21.9 Å². The van der Waals surface area contributed by atoms with Crippen molar-refractivity contribution < 1.29 is 33.0 Å². The van der Waals surface area contributed by atoms with Crippen molar-refractivity contribution in [2.45, 2.75) is 11.3 Å². The monoisotopic (exact) mass is 454 g/mol. The summed E-state index contributed by atoms with van der Waals surface area (Å²) in [6.07, 6.45) is -0.294. The highest BCUT2D eigenvalue weighted by Gasteiger charge is 2.27. The third-order valence-corrected chi connectivity index (χ3v) is 6.68. The van der Waals surface area contributed by atoms with Crippen LogP contribution in [-0.4, -0.2) is 61.1 Å². The molecule has 30 heavy (non-hydrogen) atoms. The average molecular weight is 455 g/mol. The standard InChI is InChI=1S/C19H19ClN2O7S/c20-15-3-2-13(30(27,28)22-5-7-29-8-6-22)11-14(15)19(26)21-16-9-12(10-18(24)25)1-4-17(16)23/h1-4,9,11,23H,5-8,10H2,(H,21,26)(H,24,25). The number of aliphatic carboxylic acids is 1. The lowest BCUT2D eigenvalue weighted by Crippen LogP contribution is -2.40. The number of phenolic OH excluding ortho intramolecular Hbond substituents is 1. The van der Waals surface area contributed by atoms with Crippen LogP contribution in [0.15, 0.2) is 41.3 Å². The van der Waals surface area contributed by atoms with Crippen molar-refractivity contribution >= 4 is 39.2 Å². The minimum Gasteiger partial charge on any atom is -0.506 e. The molecule has 1 amide bonds. The van der Waals surface area contributed by atoms with Gasteiger partial charge in [0.05, 0.1) is 40.8 Å². The fourth-order valence-corrected chi connectivity index (χ4v) is 4.57. The Kier molecular flexibility index (Phi) is 6.61. The third-order valence-electron chi connectivity index (χ3n) is 4.45. The first-order valence-corrected chi connectivity index (χ1v) is 10.7. The fraction of sp³-hybridized carbons (Fsp3) is 0.263. The summed E-state index contributed by atoms with van der Waals surface area (Å²) in [6.45, 7) is 0.978. The topological polar surface area (TPSA) is 133 Å². The van der Waals surface area contributed by atoms with E-state index in [9.17, 15) is 23.1 Å². The van der Waals surface area contributed by atoms with Crippen LogP contribution in [0.25, 0.3) is 0 Å². The summed E-state index contributed by atoms with van der Waals surface area (Å²) in [6, 6.07) is 7.79. The molecule has 0 saturated carbocycles. The van der Waals surface area contributed by atoms with E-state index in [4.69, 9.17) is 21.4 Å². The number of carboxylic acids is 1. The molecule has 1 fully saturated rings. The van der Waals surface area contributed by atoms with Gasteiger partial charge in [-0.25, -0.2) is 8.42 Å². The summed E-state index contributed by atoms with van der Waals surface area (Å²) in [5, 5.41) is 21.3. The lowest BCUT2D eigenvalue weighted by atomic mass is 10.1. The number of rotatable bonds is 6. The molecule has 0 atom stereocenters. The molecule has 9 nitrogen and oxygen atoms in total. The van der Waals surface area contributed by atoms with Crippen LogP contribution in [-0.2, 0) is 26.0 Å². The van der Waals surface area contributed by atoms with E-state index >= 15 is 0 Å². The zero-order valence-corrected chi connectivity index (χ0v) is 17.2. The van der Waals surface area contributed by atoms with Crippen LogP contribution in [0.4, 0.5) is 5.69 Å². The van der Waals surface area contributed by atoms with Crippen molar-refractivity contribution in [3.8, 4) is 5.75 Å². The number of sulfonamides is 1. The summed E-state index contributed by atoms with van der Waals surface area (Å²) >= 11 is 6.10. The van der Waals surface area contributed by atoms with E-state index in [1.807, 2.05) is 0 Å². The largest absolute Gasteiger partial charge is 0.506 e. The second kappa shape index (κ2) is 9.00. The van der Waals surface area contributed by atoms with E-state index in [0.717, 1.165) is 0 Å². The molecule has 0 unspecified atom stereocenters. The number of hydrogen-bond donors (Lipinski definition) is 3. The Balaban J connectivity index is 1.88. The van der Waals surface area contributed by atoms with Gasteiger partial charge in [-0.2, -0.15) is 4.31 Å². The van der Waals surface area contributed by atoms with Gasteiger partial charge in [-0.1, -0.05) is 17.7 Å². The van der Waals surface area contributed by atoms with Crippen LogP contribution in [0.1, 0.15) is 15.9 Å². The zero-order chi connectivity index (χ0) is 21.9. The number of carboxylic acid groups (broad SMARTS) is 1. The van der Waals surface area contributed by atoms with Crippen LogP contribution in [0, 0.1) is 0 Å². The summed E-state index contributed by atoms with van der Waals surface area (Å²) in [4.78, 5) is 23.5. The first kappa shape index (κ1) is 22.0. The quantitative estimate of drug-likeness (QED) is 0.568. The molecule has 0 aromatic heterocycles. The Morgan fingerprint density at radius 3 is 2.50 bits per heavy atom. The number of carbonyl (C=O) groups is 2. The molecule has 0 bridgehead atoms. The van der Waals surface area contributed by atoms with Crippen LogP contribution < -0.4 is 5.32 Å². The van der Waals surface area contributed by atoms with E-state index in [-0.39, 0.29) is 59.6 Å². The Bertz CT molecular complexity index is 1080. The summed E-state index contributed by atoms with van der Waals surface area (Å²) in [5.74, 6) is -2.09. The highest BCUT2D eigenvalue weighted by Crippen LogP contribution is 2.28. The van der Waals surface area contributed by atoms with Crippen LogP contribution >= 0.6 is 11.6 Å². The molecular weight excluding hydrogens is 436 g/mol. The van der Waals surface area contributed by atoms with Gasteiger partial charge in [-0.3, -0.25) is 9.59 Å². The van der Waals surface area contributed by atoms with Crippen LogP contribution in [0.2, 0.25) is 5.02 Å². The summed E-state index contributed by atoms with van der Waals surface area (Å²) < 4.78 is 32.1. The first-order valence-electron chi connectivity index (χ1n) is 8.91. The number of nitrogens with zero attached hydrogens (tertiary/aromatic N) is 1. The molecule has 0 aliphatic carbocycles. The van der Waals surface area contributed by atoms with E-state index in [1.165, 1.54) is 40.7 Å². The second-order valence-corrected chi connectivity index (χ2v) is 8.88. The summed E-state index contributed by atoms with van der Waals surface area (Å²) in [7, 11) is -3.84. The smallest absolute Gasteiger partial charge is 0.307 e. The lowest BCUT2D eigenvalue weighted by Gasteiger charge is -2.26. The van der Waals surface area contributed by atoms with Gasteiger partial charge in [0.25, 0.3) is 5.91 Å². The number of aromatic hydroxyl groups is 1. The first-order chi connectivity index (χ1) is 14.2. The normalized spacial score (nSPS) is 15.0. The van der Waals surface area contributed by atoms with Crippen LogP contribution in [0.3, 0.4) is 0 Å². The minimum absolute atomic E-state index is 0.0174. The number of benzene rings is 2. The number of carbonyl (C=O) groups excluding carboxylic acids is 1. The van der Waals surface area contributed by atoms with Gasteiger partial charge >= 0.3 is 5.97 Å².